The van der Waals surface area contributed by atoms with Crippen LogP contribution in [0.4, 0.5) is 59.4 Å². The third-order valence-corrected chi connectivity index (χ3v) is 20.1. The largest absolute Gasteiger partial charge is 0.524 e. The van der Waals surface area contributed by atoms with Crippen LogP contribution in [-0.2, 0) is 72.3 Å². The fourth-order valence-electron chi connectivity index (χ4n) is 13.5. The number of piperazine rings is 1. The molecule has 5 aromatic rings. The standard InChI is InChI=1S/C70H81F10N12O16P/c1-37-22-42(27-54(93)90-20-19-51(90)61(97)98)56(52(23-37)108-109(101,102)103)66(2,3)28-55(94)107-53(34-89(87-60(96)58(85-65(100)105-9)68(6,7)70(78,79)80)33-46-47(71)25-41(26-48(46)72)49-18-21-91(86-49)62(73)74)50(83-59(95)57(84-64(99)104-8)67(4,5)69(75,76)77)24-39-13-10-38(11-14-39)12-15-40-29-81-63(82-30-40)88-31-43-16-17-44(32-88)92(43)45-35-106-36-45/h10-11,13-14,18,21-23,25-26,29-30,43-45,50-51,53,57-58,62H,16-17,19-20,24,27-28,31-36H2,1-9H3,(H,83,95)(H,84,99)(H,85,100)(H,87,96)(H,97,98)(H2,101,102,103)/t43?,44?,50-,51+,53-,57+,58+/m0/s1. The van der Waals surface area contributed by atoms with E-state index in [0.29, 0.717) is 106 Å². The van der Waals surface area contributed by atoms with Gasteiger partial charge in [-0.3, -0.25) is 39.3 Å². The molecular formula is C70H81F10N12O16P. The monoisotopic (exact) mass is 1570 g/mol. The fraction of sp³-hybridized carbons (Fsp3) is 0.514. The number of phosphoric acid groups is 1. The Kier molecular flexibility index (Phi) is 25.4. The Hall–Kier alpha value is -9.67. The second kappa shape index (κ2) is 33.3. The van der Waals surface area contributed by atoms with Gasteiger partial charge in [0.05, 0.1) is 81.0 Å². The van der Waals surface area contributed by atoms with E-state index in [1.54, 1.807) is 5.32 Å². The average Bonchev–Trinajstić information content (AvgIpc) is 1.77. The topological polar surface area (TPSA) is 348 Å². The number of aromatic nitrogens is 4. The number of alkyl halides is 8. The van der Waals surface area contributed by atoms with Gasteiger partial charge in [-0.1, -0.05) is 43.9 Å². The Balaban J connectivity index is 1.17. The number of likely N-dealkylation sites (tertiary alicyclic amines) is 1. The second-order valence-corrected chi connectivity index (χ2v) is 29.8. The van der Waals surface area contributed by atoms with Crippen molar-refractivity contribution in [1.29, 1.82) is 0 Å². The van der Waals surface area contributed by atoms with Gasteiger partial charge in [0.15, 0.2) is 0 Å². The fourth-order valence-corrected chi connectivity index (χ4v) is 13.9. The number of hydrogen-bond acceptors (Lipinski definition) is 19. The number of fused-ring (bicyclic) bond motifs is 2. The number of ether oxygens (including phenoxy) is 4. The van der Waals surface area contributed by atoms with Crippen molar-refractivity contribution in [2.45, 2.75) is 166 Å². The summed E-state index contributed by atoms with van der Waals surface area (Å²) in [6.07, 6.45) is -12.8. The van der Waals surface area contributed by atoms with Crippen LogP contribution in [0.1, 0.15) is 113 Å². The lowest BCUT2D eigenvalue weighted by Crippen LogP contribution is -2.64. The SMILES string of the molecule is COC(=O)N[C@H](C(=O)N[C@@H](Cc1ccc(C#Cc2cnc(N3CC4CCC(C3)N4C3COC3)nc2)cc1)[C@H](CN(Cc1c(F)cc(-c2ccn(C(F)F)n2)cc1F)NC(=O)[C@@H](NC(=O)OC)C(C)(C)C(F)(F)F)OC(=O)CC(C)(C)c1c(CC(=O)N2CC[C@@H]2C(=O)O)cc(C)cc1OP(=O)(O)O)C(C)(C)C(F)(F)F. The number of alkyl carbamates (subject to hydrolysis) is 2. The number of rotatable bonds is 28. The number of carboxylic acid groups (broad SMARTS) is 1. The lowest BCUT2D eigenvalue weighted by molar-refractivity contribution is -0.221. The molecule has 3 aromatic carbocycles. The zero-order chi connectivity index (χ0) is 80.2. The maximum Gasteiger partial charge on any atom is 0.524 e. The molecule has 2 bridgehead atoms. The molecule has 7 atom stereocenters. The summed E-state index contributed by atoms with van der Waals surface area (Å²) in [5, 5.41) is 19.9. The molecule has 4 fully saturated rings. The first-order valence-electron chi connectivity index (χ1n) is 34.0. The van der Waals surface area contributed by atoms with Crippen LogP contribution in [0.15, 0.2) is 73.2 Å². The van der Waals surface area contributed by atoms with E-state index in [2.05, 4.69) is 56.9 Å². The molecule has 4 aliphatic heterocycles. The summed E-state index contributed by atoms with van der Waals surface area (Å²) in [5.41, 5.74) is -7.78. The number of hydrogen-bond donors (Lipinski definition) is 7. The Morgan fingerprint density at radius 2 is 1.33 bits per heavy atom. The Morgan fingerprint density at radius 1 is 0.761 bits per heavy atom. The number of halogens is 10. The van der Waals surface area contributed by atoms with Crippen molar-refractivity contribution in [2.24, 2.45) is 10.8 Å². The predicted molar refractivity (Wildman–Crippen MR) is 364 cm³/mol. The first kappa shape index (κ1) is 83.4. The molecule has 2 aromatic heterocycles. The highest BCUT2D eigenvalue weighted by molar-refractivity contribution is 7.46. The third-order valence-electron chi connectivity index (χ3n) is 19.7. The summed E-state index contributed by atoms with van der Waals surface area (Å²) in [7, 11) is -4.10. The van der Waals surface area contributed by atoms with Gasteiger partial charge in [-0.15, -0.1) is 0 Å². The lowest BCUT2D eigenvalue weighted by Gasteiger charge is -2.47. The number of carboxylic acids is 1. The number of anilines is 1. The molecule has 28 nitrogen and oxygen atoms in total. The van der Waals surface area contributed by atoms with E-state index < -0.39 is 182 Å². The van der Waals surface area contributed by atoms with Gasteiger partial charge in [-0.25, -0.2) is 47.4 Å². The van der Waals surface area contributed by atoms with E-state index >= 15 is 44.7 Å². The highest BCUT2D eigenvalue weighted by atomic mass is 31.2. The maximum absolute atomic E-state index is 16.9. The van der Waals surface area contributed by atoms with E-state index in [4.69, 9.17) is 14.0 Å². The van der Waals surface area contributed by atoms with Gasteiger partial charge in [0.2, 0.25) is 17.8 Å². The number of nitrogens with zero attached hydrogens (tertiary/aromatic N) is 8. The van der Waals surface area contributed by atoms with Crippen molar-refractivity contribution in [3.8, 4) is 28.8 Å². The van der Waals surface area contributed by atoms with Crippen molar-refractivity contribution in [3.63, 3.8) is 0 Å². The van der Waals surface area contributed by atoms with E-state index in [1.165, 1.54) is 63.5 Å². The Morgan fingerprint density at radius 3 is 1.83 bits per heavy atom. The predicted octanol–water partition coefficient (Wildman–Crippen LogP) is 7.94. The molecule has 6 heterocycles. The molecule has 9 rings (SSSR count). The number of nitrogens with one attached hydrogen (secondary N) is 4. The van der Waals surface area contributed by atoms with Crippen molar-refractivity contribution >= 4 is 55.6 Å². The minimum atomic E-state index is -5.58. The molecule has 4 saturated heterocycles. The Bertz CT molecular complexity index is 4280. The lowest BCUT2D eigenvalue weighted by atomic mass is 9.77. The second-order valence-electron chi connectivity index (χ2n) is 28.7. The number of aliphatic carboxylic acids is 1. The number of hydrazine groups is 1. The van der Waals surface area contributed by atoms with Crippen LogP contribution in [-0.4, -0.2) is 206 Å². The van der Waals surface area contributed by atoms with Crippen molar-refractivity contribution in [1.82, 2.24) is 55.9 Å². The van der Waals surface area contributed by atoms with Gasteiger partial charge in [0, 0.05) is 84.5 Å². The van der Waals surface area contributed by atoms with Crippen molar-refractivity contribution in [3.05, 3.63) is 124 Å². The molecule has 0 radical (unpaired) electrons. The molecule has 0 spiro atoms. The zero-order valence-corrected chi connectivity index (χ0v) is 61.2. The molecule has 5 amide bonds. The van der Waals surface area contributed by atoms with Gasteiger partial charge in [0.25, 0.3) is 5.91 Å². The van der Waals surface area contributed by atoms with Gasteiger partial charge in [0.1, 0.15) is 41.6 Å². The van der Waals surface area contributed by atoms with Gasteiger partial charge >= 0.3 is 50.8 Å². The Labute approximate surface area is 618 Å². The average molecular weight is 1570 g/mol. The number of methoxy groups -OCH3 is 2. The molecule has 2 unspecified atom stereocenters. The van der Waals surface area contributed by atoms with Gasteiger partial charge in [-0.2, -0.15) is 40.2 Å². The summed E-state index contributed by atoms with van der Waals surface area (Å²) in [5.74, 6) is -4.53. The number of carbonyl (C=O) groups excluding carboxylic acids is 6. The molecular weight excluding hydrogens is 1490 g/mol. The third kappa shape index (κ3) is 19.9. The number of esters is 1. The number of amides is 5. The number of carbonyl (C=O) groups is 7. The van der Waals surface area contributed by atoms with Crippen LogP contribution >= 0.6 is 7.82 Å². The molecule has 109 heavy (non-hydrogen) atoms. The van der Waals surface area contributed by atoms with Crippen LogP contribution in [0.3, 0.4) is 0 Å². The zero-order valence-electron chi connectivity index (χ0n) is 60.3. The minimum absolute atomic E-state index is 0.0228. The van der Waals surface area contributed by atoms with E-state index in [9.17, 15) is 52.2 Å². The summed E-state index contributed by atoms with van der Waals surface area (Å²) in [4.78, 5) is 132. The summed E-state index contributed by atoms with van der Waals surface area (Å²) >= 11 is 0. The molecule has 39 heteroatoms. The molecule has 0 saturated carbocycles. The normalized spacial score (nSPS) is 18.2. The highest BCUT2D eigenvalue weighted by Crippen LogP contribution is 2.47. The first-order chi connectivity index (χ1) is 50.9. The van der Waals surface area contributed by atoms with Crippen LogP contribution in [0.25, 0.3) is 11.3 Å². The van der Waals surface area contributed by atoms with Gasteiger partial charge in [-0.05, 0) is 113 Å². The number of phosphoric ester groups is 1. The summed E-state index contributed by atoms with van der Waals surface area (Å²) < 4.78 is 191. The van der Waals surface area contributed by atoms with E-state index in [1.807, 2.05) is 5.32 Å². The summed E-state index contributed by atoms with van der Waals surface area (Å²) in [6, 6.07) is 2.45. The molecule has 4 aliphatic rings. The van der Waals surface area contributed by atoms with E-state index in [-0.39, 0.29) is 39.9 Å². The van der Waals surface area contributed by atoms with Crippen LogP contribution in [0.5, 0.6) is 5.75 Å². The minimum Gasteiger partial charge on any atom is -0.480 e. The van der Waals surface area contributed by atoms with Crippen molar-refractivity contribution < 1.29 is 120 Å². The maximum atomic E-state index is 16.9. The van der Waals surface area contributed by atoms with Crippen LogP contribution < -0.4 is 30.8 Å². The molecule has 592 valence electrons. The quantitative estimate of drug-likeness (QED) is 0.00623. The van der Waals surface area contributed by atoms with Gasteiger partial charge < -0.3 is 54.3 Å². The summed E-state index contributed by atoms with van der Waals surface area (Å²) in [6.45, 7) is 2.76. The van der Waals surface area contributed by atoms with Crippen molar-refractivity contribution in [2.75, 3.05) is 58.5 Å². The number of aryl methyl sites for hydroxylation is 1. The van der Waals surface area contributed by atoms with E-state index in [0.717, 1.165) is 50.3 Å². The number of benzene rings is 3. The first-order valence-corrected chi connectivity index (χ1v) is 35.5. The van der Waals surface area contributed by atoms with Crippen LogP contribution in [0, 0.1) is 41.2 Å². The van der Waals surface area contributed by atoms with Crippen LogP contribution in [0.2, 0.25) is 0 Å². The molecule has 7 N–H and O–H groups in total. The smallest absolute Gasteiger partial charge is 0.480 e. The molecule has 0 aliphatic carbocycles. The highest BCUT2D eigenvalue weighted by Gasteiger charge is 2.58.